The number of nitrogens with zero attached hydrogens (tertiary/aromatic N) is 1. The number of fused-ring (bicyclic) bond motifs is 1. The van der Waals surface area contributed by atoms with Crippen LogP contribution in [0.25, 0.3) is 0 Å². The topological polar surface area (TPSA) is 75.7 Å². The Morgan fingerprint density at radius 2 is 1.77 bits per heavy atom. The smallest absolute Gasteiger partial charge is 0.255 e. The van der Waals surface area contributed by atoms with Crippen LogP contribution in [0.2, 0.25) is 5.02 Å². The monoisotopic (exact) mass is 426 g/mol. The Morgan fingerprint density at radius 1 is 1.07 bits per heavy atom. The third kappa shape index (κ3) is 3.67. The van der Waals surface area contributed by atoms with E-state index < -0.39 is 0 Å². The summed E-state index contributed by atoms with van der Waals surface area (Å²) in [6, 6.07) is 11.4. The number of carbonyl (C=O) groups is 3. The molecule has 4 rings (SSSR count). The number of carbonyl (C=O) groups excluding carboxylic acids is 3. The summed E-state index contributed by atoms with van der Waals surface area (Å²) in [5, 5.41) is 3.25. The van der Waals surface area contributed by atoms with Gasteiger partial charge in [0.1, 0.15) is 5.75 Å². The molecule has 0 spiro atoms. The second-order valence-corrected chi connectivity index (χ2v) is 8.43. The van der Waals surface area contributed by atoms with Gasteiger partial charge in [0.2, 0.25) is 11.8 Å². The van der Waals surface area contributed by atoms with Crippen molar-refractivity contribution < 1.29 is 19.1 Å². The summed E-state index contributed by atoms with van der Waals surface area (Å²) in [7, 11) is 1.51. The van der Waals surface area contributed by atoms with E-state index in [0.717, 1.165) is 19.3 Å². The van der Waals surface area contributed by atoms with E-state index in [1.807, 2.05) is 0 Å². The number of amides is 3. The molecule has 30 heavy (non-hydrogen) atoms. The molecule has 1 N–H and O–H groups in total. The first kappa shape index (κ1) is 20.4. The Bertz CT molecular complexity index is 1000. The zero-order valence-corrected chi connectivity index (χ0v) is 17.6. The Morgan fingerprint density at radius 3 is 2.47 bits per heavy atom. The standard InChI is InChI=1S/C23H23ClN2O4/c1-13-3-9-17-18(11-13)23(29)26(22(17)28)16-7-4-14(5-8-16)21(27)25-19-12-15(24)6-10-20(19)30-2/h4-8,10,12-13,17-18H,3,9,11H2,1-2H3,(H,25,27)/t13-,17-,18-/m1/s1. The van der Waals surface area contributed by atoms with Crippen molar-refractivity contribution in [2.45, 2.75) is 26.2 Å². The van der Waals surface area contributed by atoms with Gasteiger partial charge in [-0.2, -0.15) is 0 Å². The molecule has 7 heteroatoms. The molecule has 1 saturated heterocycles. The third-order valence-corrected chi connectivity index (χ3v) is 6.22. The lowest BCUT2D eigenvalue weighted by Gasteiger charge is -2.25. The second kappa shape index (κ2) is 8.11. The van der Waals surface area contributed by atoms with Gasteiger partial charge in [-0.05, 0) is 67.6 Å². The summed E-state index contributed by atoms with van der Waals surface area (Å²) in [6.07, 6.45) is 2.49. The lowest BCUT2D eigenvalue weighted by Crippen LogP contribution is -2.30. The van der Waals surface area contributed by atoms with Crippen molar-refractivity contribution in [1.29, 1.82) is 0 Å². The highest BCUT2D eigenvalue weighted by atomic mass is 35.5. The van der Waals surface area contributed by atoms with Crippen LogP contribution in [0.15, 0.2) is 42.5 Å². The minimum atomic E-state index is -0.344. The molecule has 2 aromatic carbocycles. The molecule has 1 saturated carbocycles. The number of benzene rings is 2. The first-order chi connectivity index (χ1) is 14.4. The van der Waals surface area contributed by atoms with Crippen molar-refractivity contribution in [1.82, 2.24) is 0 Å². The molecule has 156 valence electrons. The molecule has 1 aliphatic carbocycles. The summed E-state index contributed by atoms with van der Waals surface area (Å²) >= 11 is 6.01. The van der Waals surface area contributed by atoms with Crippen molar-refractivity contribution in [3.8, 4) is 5.75 Å². The molecule has 0 aromatic heterocycles. The van der Waals surface area contributed by atoms with Crippen LogP contribution in [0.3, 0.4) is 0 Å². The van der Waals surface area contributed by atoms with Gasteiger partial charge >= 0.3 is 0 Å². The van der Waals surface area contributed by atoms with E-state index in [0.29, 0.717) is 33.6 Å². The zero-order chi connectivity index (χ0) is 21.4. The van der Waals surface area contributed by atoms with E-state index >= 15 is 0 Å². The van der Waals surface area contributed by atoms with E-state index in [-0.39, 0.29) is 29.6 Å². The predicted octanol–water partition coefficient (Wildman–Crippen LogP) is 4.53. The number of methoxy groups -OCH3 is 1. The fourth-order valence-electron chi connectivity index (χ4n) is 4.38. The summed E-state index contributed by atoms with van der Waals surface area (Å²) in [4.78, 5) is 39.6. The quantitative estimate of drug-likeness (QED) is 0.729. The molecule has 3 atom stereocenters. The SMILES string of the molecule is COc1ccc(Cl)cc1NC(=O)c1ccc(N2C(=O)[C@@H]3CC[C@@H](C)C[C@H]3C2=O)cc1. The van der Waals surface area contributed by atoms with Crippen molar-refractivity contribution in [3.63, 3.8) is 0 Å². The number of nitrogens with one attached hydrogen (secondary N) is 1. The lowest BCUT2D eigenvalue weighted by atomic mass is 9.76. The van der Waals surface area contributed by atoms with Gasteiger partial charge < -0.3 is 10.1 Å². The summed E-state index contributed by atoms with van der Waals surface area (Å²) < 4.78 is 5.25. The van der Waals surface area contributed by atoms with Crippen LogP contribution in [-0.4, -0.2) is 24.8 Å². The number of halogens is 1. The normalized spacial score (nSPS) is 23.3. The highest BCUT2D eigenvalue weighted by Gasteiger charge is 2.49. The average Bonchev–Trinajstić information content (AvgIpc) is 2.98. The number of hydrogen-bond donors (Lipinski definition) is 1. The molecule has 0 unspecified atom stereocenters. The fourth-order valence-corrected chi connectivity index (χ4v) is 4.55. The van der Waals surface area contributed by atoms with Gasteiger partial charge in [0, 0.05) is 10.6 Å². The van der Waals surface area contributed by atoms with Crippen LogP contribution in [0.5, 0.6) is 5.75 Å². The molecule has 2 fully saturated rings. The van der Waals surface area contributed by atoms with E-state index in [4.69, 9.17) is 16.3 Å². The van der Waals surface area contributed by atoms with Gasteiger partial charge in [-0.3, -0.25) is 19.3 Å². The van der Waals surface area contributed by atoms with Gasteiger partial charge in [0.25, 0.3) is 5.91 Å². The fraction of sp³-hybridized carbons (Fsp3) is 0.348. The van der Waals surface area contributed by atoms with Crippen LogP contribution < -0.4 is 15.0 Å². The number of ether oxygens (including phenoxy) is 1. The Balaban J connectivity index is 1.52. The van der Waals surface area contributed by atoms with Gasteiger partial charge in [0.15, 0.2) is 0 Å². The average molecular weight is 427 g/mol. The van der Waals surface area contributed by atoms with E-state index in [9.17, 15) is 14.4 Å². The molecule has 1 heterocycles. The van der Waals surface area contributed by atoms with Crippen LogP contribution in [-0.2, 0) is 9.59 Å². The number of anilines is 2. The van der Waals surface area contributed by atoms with Crippen molar-refractivity contribution in [2.24, 2.45) is 17.8 Å². The molecule has 3 amide bonds. The molecular formula is C23H23ClN2O4. The van der Waals surface area contributed by atoms with Gasteiger partial charge in [-0.25, -0.2) is 0 Å². The highest BCUT2D eigenvalue weighted by molar-refractivity contribution is 6.31. The number of rotatable bonds is 4. The second-order valence-electron chi connectivity index (χ2n) is 7.99. The first-order valence-corrected chi connectivity index (χ1v) is 10.4. The predicted molar refractivity (Wildman–Crippen MR) is 115 cm³/mol. The molecule has 2 aliphatic rings. The first-order valence-electron chi connectivity index (χ1n) is 10.0. The molecule has 2 aromatic rings. The minimum Gasteiger partial charge on any atom is -0.495 e. The molecule has 1 aliphatic heterocycles. The molecule has 0 radical (unpaired) electrons. The number of hydrogen-bond acceptors (Lipinski definition) is 4. The zero-order valence-electron chi connectivity index (χ0n) is 16.9. The van der Waals surface area contributed by atoms with Crippen LogP contribution in [0, 0.1) is 17.8 Å². The van der Waals surface area contributed by atoms with Gasteiger partial charge in [0.05, 0.1) is 30.3 Å². The van der Waals surface area contributed by atoms with Gasteiger partial charge in [-0.1, -0.05) is 18.5 Å². The molecular weight excluding hydrogens is 404 g/mol. The molecule has 6 nitrogen and oxygen atoms in total. The lowest BCUT2D eigenvalue weighted by molar-refractivity contribution is -0.122. The van der Waals surface area contributed by atoms with E-state index in [1.165, 1.54) is 12.0 Å². The summed E-state index contributed by atoms with van der Waals surface area (Å²) in [5.74, 6) is -0.0858. The largest absolute Gasteiger partial charge is 0.495 e. The van der Waals surface area contributed by atoms with E-state index in [1.54, 1.807) is 42.5 Å². The number of imide groups is 1. The summed E-state index contributed by atoms with van der Waals surface area (Å²) in [5.41, 5.74) is 1.36. The maximum Gasteiger partial charge on any atom is 0.255 e. The van der Waals surface area contributed by atoms with Crippen LogP contribution in [0.1, 0.15) is 36.5 Å². The Hall–Kier alpha value is -2.86. The maximum absolute atomic E-state index is 12.9. The van der Waals surface area contributed by atoms with E-state index in [2.05, 4.69) is 12.2 Å². The van der Waals surface area contributed by atoms with Crippen LogP contribution >= 0.6 is 11.6 Å². The van der Waals surface area contributed by atoms with Crippen molar-refractivity contribution >= 4 is 40.7 Å². The van der Waals surface area contributed by atoms with Crippen molar-refractivity contribution in [2.75, 3.05) is 17.3 Å². The van der Waals surface area contributed by atoms with Gasteiger partial charge in [-0.15, -0.1) is 0 Å². The molecule has 0 bridgehead atoms. The Labute approximate surface area is 180 Å². The van der Waals surface area contributed by atoms with Crippen molar-refractivity contribution in [3.05, 3.63) is 53.1 Å². The minimum absolute atomic E-state index is 0.127. The maximum atomic E-state index is 12.9. The van der Waals surface area contributed by atoms with Crippen LogP contribution in [0.4, 0.5) is 11.4 Å². The highest BCUT2D eigenvalue weighted by Crippen LogP contribution is 2.42. The third-order valence-electron chi connectivity index (χ3n) is 5.99. The summed E-state index contributed by atoms with van der Waals surface area (Å²) in [6.45, 7) is 2.12. The Kier molecular flexibility index (Phi) is 5.52.